The number of nitrogens with zero attached hydrogens (tertiary/aromatic N) is 2. The van der Waals surface area contributed by atoms with Gasteiger partial charge in [0.1, 0.15) is 0 Å². The van der Waals surface area contributed by atoms with Gasteiger partial charge in [0.15, 0.2) is 0 Å². The van der Waals surface area contributed by atoms with Crippen LogP contribution in [0, 0.1) is 0 Å². The van der Waals surface area contributed by atoms with Crippen LogP contribution < -0.4 is 14.9 Å². The number of amides is 3. The zero-order valence-corrected chi connectivity index (χ0v) is 18.6. The average Bonchev–Trinajstić information content (AvgIpc) is 3.20. The fraction of sp³-hybridized carbons (Fsp3) is 0.364. The Bertz CT molecular complexity index is 1030. The summed E-state index contributed by atoms with van der Waals surface area (Å²) in [6, 6.07) is 13.6. The number of hydrogen-bond donors (Lipinski definition) is 2. The smallest absolute Gasteiger partial charge is 0.319 e. The summed E-state index contributed by atoms with van der Waals surface area (Å²) < 4.78 is 26.7. The monoisotopic (exact) mass is 444 g/mol. The van der Waals surface area contributed by atoms with Crippen LogP contribution in [0.1, 0.15) is 29.8 Å². The van der Waals surface area contributed by atoms with E-state index in [4.69, 9.17) is 0 Å². The van der Waals surface area contributed by atoms with Crippen LogP contribution in [0.2, 0.25) is 0 Å². The van der Waals surface area contributed by atoms with Gasteiger partial charge in [-0.1, -0.05) is 18.2 Å². The molecule has 8 nitrogen and oxygen atoms in total. The average molecular weight is 445 g/mol. The van der Waals surface area contributed by atoms with Crippen molar-refractivity contribution in [2.45, 2.75) is 20.3 Å². The molecular weight excluding hydrogens is 416 g/mol. The first-order chi connectivity index (χ1) is 14.9. The Hall–Kier alpha value is -3.07. The number of sulfonamides is 1. The molecule has 166 valence electrons. The molecule has 0 fully saturated rings. The second-order valence-corrected chi connectivity index (χ2v) is 9.22. The minimum Gasteiger partial charge on any atom is -0.339 e. The highest BCUT2D eigenvalue weighted by Gasteiger charge is 2.28. The lowest BCUT2D eigenvalue weighted by Crippen LogP contribution is -2.38. The Balaban J connectivity index is 1.50. The van der Waals surface area contributed by atoms with Gasteiger partial charge in [-0.15, -0.1) is 0 Å². The largest absolute Gasteiger partial charge is 0.339 e. The zero-order valence-electron chi connectivity index (χ0n) is 17.8. The zero-order chi connectivity index (χ0) is 22.4. The molecule has 1 heterocycles. The van der Waals surface area contributed by atoms with Crippen molar-refractivity contribution >= 4 is 33.3 Å². The maximum Gasteiger partial charge on any atom is 0.319 e. The number of anilines is 2. The predicted octanol–water partition coefficient (Wildman–Crippen LogP) is 2.68. The highest BCUT2D eigenvalue weighted by Crippen LogP contribution is 2.29. The molecule has 1 aliphatic rings. The number of hydrogen-bond acceptors (Lipinski definition) is 4. The van der Waals surface area contributed by atoms with Crippen LogP contribution in [0.5, 0.6) is 0 Å². The highest BCUT2D eigenvalue weighted by molar-refractivity contribution is 7.92. The van der Waals surface area contributed by atoms with E-state index in [1.165, 1.54) is 4.31 Å². The number of rotatable bonds is 8. The van der Waals surface area contributed by atoms with Crippen LogP contribution in [-0.4, -0.2) is 57.2 Å². The summed E-state index contributed by atoms with van der Waals surface area (Å²) in [4.78, 5) is 26.2. The molecule has 0 unspecified atom stereocenters. The lowest BCUT2D eigenvalue weighted by Gasteiger charge is -2.19. The summed E-state index contributed by atoms with van der Waals surface area (Å²) in [5, 5.41) is 5.23. The van der Waals surface area contributed by atoms with Crippen LogP contribution in [-0.2, 0) is 16.4 Å². The van der Waals surface area contributed by atoms with Gasteiger partial charge in [0.2, 0.25) is 10.0 Å². The van der Waals surface area contributed by atoms with E-state index >= 15 is 0 Å². The number of benzene rings is 2. The Labute approximate surface area is 183 Å². The van der Waals surface area contributed by atoms with E-state index in [0.717, 1.165) is 5.56 Å². The van der Waals surface area contributed by atoms with E-state index in [-0.39, 0.29) is 18.2 Å². The second-order valence-electron chi connectivity index (χ2n) is 7.20. The molecule has 0 aromatic heterocycles. The van der Waals surface area contributed by atoms with E-state index in [1.807, 2.05) is 32.0 Å². The van der Waals surface area contributed by atoms with Gasteiger partial charge < -0.3 is 15.5 Å². The summed E-state index contributed by atoms with van der Waals surface area (Å²) in [5.41, 5.74) is 2.79. The summed E-state index contributed by atoms with van der Waals surface area (Å²) in [5.74, 6) is -0.249. The quantitative estimate of drug-likeness (QED) is 0.654. The van der Waals surface area contributed by atoms with E-state index in [1.54, 1.807) is 35.2 Å². The third kappa shape index (κ3) is 5.35. The Morgan fingerprint density at radius 2 is 1.71 bits per heavy atom. The predicted molar refractivity (Wildman–Crippen MR) is 122 cm³/mol. The SMILES string of the molecule is CCN(CC)C(=O)c1ccc(NC(=O)NCCS(=O)(=O)N2CCc3ccccc32)cc1. The number of carbonyl (C=O) groups excluding carboxylic acids is 2. The summed E-state index contributed by atoms with van der Waals surface area (Å²) >= 11 is 0. The van der Waals surface area contributed by atoms with Crippen molar-refractivity contribution in [2.75, 3.05) is 41.6 Å². The number of urea groups is 1. The standard InChI is InChI=1S/C22H28N4O4S/c1-3-25(4-2)21(27)18-9-11-19(12-10-18)24-22(28)23-14-16-31(29,30)26-15-13-17-7-5-6-8-20(17)26/h5-12H,3-4,13-16H2,1-2H3,(H2,23,24,28). The molecule has 0 radical (unpaired) electrons. The maximum atomic E-state index is 12.7. The van der Waals surface area contributed by atoms with Crippen molar-refractivity contribution < 1.29 is 18.0 Å². The van der Waals surface area contributed by atoms with Crippen molar-refractivity contribution in [1.82, 2.24) is 10.2 Å². The molecule has 3 amide bonds. The van der Waals surface area contributed by atoms with Gasteiger partial charge in [0, 0.05) is 37.4 Å². The van der Waals surface area contributed by atoms with E-state index in [2.05, 4.69) is 10.6 Å². The molecule has 31 heavy (non-hydrogen) atoms. The van der Waals surface area contributed by atoms with Gasteiger partial charge >= 0.3 is 6.03 Å². The third-order valence-corrected chi connectivity index (χ3v) is 7.04. The first-order valence-electron chi connectivity index (χ1n) is 10.4. The summed E-state index contributed by atoms with van der Waals surface area (Å²) in [6.45, 7) is 5.51. The molecule has 2 N–H and O–H groups in total. The van der Waals surface area contributed by atoms with Gasteiger partial charge in [-0.25, -0.2) is 13.2 Å². The molecule has 2 aromatic rings. The van der Waals surface area contributed by atoms with E-state index < -0.39 is 16.1 Å². The van der Waals surface area contributed by atoms with Gasteiger partial charge in [0.05, 0.1) is 11.4 Å². The number of nitrogens with one attached hydrogen (secondary N) is 2. The topological polar surface area (TPSA) is 98.8 Å². The Kier molecular flexibility index (Phi) is 7.17. The van der Waals surface area contributed by atoms with Crippen LogP contribution in [0.3, 0.4) is 0 Å². The lowest BCUT2D eigenvalue weighted by molar-refractivity contribution is 0.0773. The number of carbonyl (C=O) groups is 2. The van der Waals surface area contributed by atoms with Gasteiger partial charge in [-0.05, 0) is 56.2 Å². The van der Waals surface area contributed by atoms with Crippen molar-refractivity contribution in [2.24, 2.45) is 0 Å². The number of fused-ring (bicyclic) bond motifs is 1. The van der Waals surface area contributed by atoms with Crippen molar-refractivity contribution in [3.05, 3.63) is 59.7 Å². The molecule has 9 heteroatoms. The fourth-order valence-corrected chi connectivity index (χ4v) is 4.99. The third-order valence-electron chi connectivity index (χ3n) is 5.27. The van der Waals surface area contributed by atoms with Crippen molar-refractivity contribution in [3.8, 4) is 0 Å². The second kappa shape index (κ2) is 9.82. The fourth-order valence-electron chi connectivity index (χ4n) is 3.57. The van der Waals surface area contributed by atoms with E-state index in [0.29, 0.717) is 43.0 Å². The summed E-state index contributed by atoms with van der Waals surface area (Å²) in [6.07, 6.45) is 0.691. The van der Waals surface area contributed by atoms with Crippen molar-refractivity contribution in [3.63, 3.8) is 0 Å². The van der Waals surface area contributed by atoms with E-state index in [9.17, 15) is 18.0 Å². The molecule has 0 saturated carbocycles. The normalized spacial score (nSPS) is 12.9. The summed E-state index contributed by atoms with van der Waals surface area (Å²) in [7, 11) is -3.52. The lowest BCUT2D eigenvalue weighted by atomic mass is 10.2. The van der Waals surface area contributed by atoms with Crippen molar-refractivity contribution in [1.29, 1.82) is 0 Å². The molecule has 0 bridgehead atoms. The molecule has 3 rings (SSSR count). The molecule has 0 spiro atoms. The van der Waals surface area contributed by atoms with Crippen LogP contribution >= 0.6 is 0 Å². The minimum atomic E-state index is -3.52. The van der Waals surface area contributed by atoms with Gasteiger partial charge in [-0.3, -0.25) is 9.10 Å². The molecular formula is C22H28N4O4S. The maximum absolute atomic E-state index is 12.7. The molecule has 2 aromatic carbocycles. The Morgan fingerprint density at radius 1 is 1.03 bits per heavy atom. The molecule has 0 saturated heterocycles. The van der Waals surface area contributed by atoms with Crippen LogP contribution in [0.15, 0.2) is 48.5 Å². The molecule has 0 aliphatic carbocycles. The first-order valence-corrected chi connectivity index (χ1v) is 12.0. The molecule has 1 aliphatic heterocycles. The highest BCUT2D eigenvalue weighted by atomic mass is 32.2. The molecule has 0 atom stereocenters. The van der Waals surface area contributed by atoms with Crippen LogP contribution in [0.4, 0.5) is 16.2 Å². The van der Waals surface area contributed by atoms with Crippen LogP contribution in [0.25, 0.3) is 0 Å². The number of para-hydroxylation sites is 1. The van der Waals surface area contributed by atoms with Gasteiger partial charge in [0.25, 0.3) is 5.91 Å². The minimum absolute atomic E-state index is 0.00857. The van der Waals surface area contributed by atoms with Gasteiger partial charge in [-0.2, -0.15) is 0 Å². The Morgan fingerprint density at radius 3 is 2.39 bits per heavy atom. The first kappa shape index (κ1) is 22.6.